The lowest BCUT2D eigenvalue weighted by atomic mass is 9.99. The minimum absolute atomic E-state index is 0.134. The smallest absolute Gasteiger partial charge is 0.344 e. The maximum absolute atomic E-state index is 12.4. The highest BCUT2D eigenvalue weighted by Gasteiger charge is 2.14. The molecule has 0 amide bonds. The predicted octanol–water partition coefficient (Wildman–Crippen LogP) is 4.53. The third kappa shape index (κ3) is 4.20. The first-order valence-corrected chi connectivity index (χ1v) is 8.60. The van der Waals surface area contributed by atoms with Gasteiger partial charge in [-0.25, -0.2) is 9.59 Å². The van der Waals surface area contributed by atoms with E-state index >= 15 is 0 Å². The first kappa shape index (κ1) is 18.7. The van der Waals surface area contributed by atoms with Crippen LogP contribution in [0.5, 0.6) is 5.75 Å². The Morgan fingerprint density at radius 3 is 2.67 bits per heavy atom. The lowest BCUT2D eigenvalue weighted by Gasteiger charge is -2.10. The molecule has 0 aliphatic carbocycles. The van der Waals surface area contributed by atoms with Gasteiger partial charge < -0.3 is 13.9 Å². The summed E-state index contributed by atoms with van der Waals surface area (Å²) in [6.07, 6.45) is 1.48. The second-order valence-corrected chi connectivity index (χ2v) is 6.25. The number of ether oxygens (including phenoxy) is 2. The van der Waals surface area contributed by atoms with E-state index in [1.807, 2.05) is 6.92 Å². The first-order valence-electron chi connectivity index (χ1n) is 8.22. The normalized spacial score (nSPS) is 10.6. The zero-order valence-corrected chi connectivity index (χ0v) is 15.4. The Labute approximate surface area is 160 Å². The Morgan fingerprint density at radius 2 is 1.96 bits per heavy atom. The van der Waals surface area contributed by atoms with E-state index < -0.39 is 11.6 Å². The number of benzene rings is 2. The molecular formula is C21H17ClO5. The van der Waals surface area contributed by atoms with Gasteiger partial charge >= 0.3 is 11.6 Å². The summed E-state index contributed by atoms with van der Waals surface area (Å²) in [6.45, 7) is 5.23. The highest BCUT2D eigenvalue weighted by molar-refractivity contribution is 6.30. The molecule has 5 nitrogen and oxygen atoms in total. The number of hydrogen-bond acceptors (Lipinski definition) is 5. The molecule has 0 radical (unpaired) electrons. The average molecular weight is 385 g/mol. The van der Waals surface area contributed by atoms with Crippen LogP contribution in [0.3, 0.4) is 0 Å². The van der Waals surface area contributed by atoms with Crippen molar-refractivity contribution in [3.05, 3.63) is 76.1 Å². The molecule has 0 saturated carbocycles. The zero-order chi connectivity index (χ0) is 19.4. The monoisotopic (exact) mass is 384 g/mol. The molecule has 0 N–H and O–H groups in total. The maximum Gasteiger partial charge on any atom is 0.344 e. The molecule has 0 bridgehead atoms. The number of carbonyl (C=O) groups is 1. The lowest BCUT2D eigenvalue weighted by Crippen LogP contribution is -2.14. The van der Waals surface area contributed by atoms with E-state index in [0.717, 1.165) is 10.9 Å². The fraction of sp³-hybridized carbons (Fsp3) is 0.143. The van der Waals surface area contributed by atoms with E-state index in [2.05, 4.69) is 6.58 Å². The van der Waals surface area contributed by atoms with Crippen LogP contribution in [0, 0.1) is 6.92 Å². The summed E-state index contributed by atoms with van der Waals surface area (Å²) in [6, 6.07) is 12.0. The molecule has 2 aromatic carbocycles. The molecule has 27 heavy (non-hydrogen) atoms. The van der Waals surface area contributed by atoms with Gasteiger partial charge in [-0.05, 0) is 48.4 Å². The van der Waals surface area contributed by atoms with Crippen molar-refractivity contribution < 1.29 is 18.7 Å². The van der Waals surface area contributed by atoms with Crippen molar-refractivity contribution in [1.29, 1.82) is 0 Å². The summed E-state index contributed by atoms with van der Waals surface area (Å²) in [5, 5.41) is 1.30. The summed E-state index contributed by atoms with van der Waals surface area (Å²) in [7, 11) is 0. The molecule has 0 spiro atoms. The number of hydrogen-bond donors (Lipinski definition) is 0. The molecule has 138 valence electrons. The van der Waals surface area contributed by atoms with Crippen molar-refractivity contribution in [2.75, 3.05) is 13.2 Å². The van der Waals surface area contributed by atoms with Gasteiger partial charge in [0.05, 0.1) is 5.56 Å². The Kier molecular flexibility index (Phi) is 5.62. The summed E-state index contributed by atoms with van der Waals surface area (Å²) in [5.41, 5.74) is 1.94. The number of carbonyl (C=O) groups excluding carboxylic acids is 1. The lowest BCUT2D eigenvalue weighted by molar-refractivity contribution is -0.144. The standard InChI is InChI=1S/C21H17ClO5/c1-3-10-25-19(23)12-26-16-8-9-18-17(11-16)13(2)20(21(24)27-18)14-4-6-15(22)7-5-14/h3-9,11H,1,10,12H2,2H3. The summed E-state index contributed by atoms with van der Waals surface area (Å²) in [4.78, 5) is 24.0. The topological polar surface area (TPSA) is 65.7 Å². The van der Waals surface area contributed by atoms with E-state index in [1.54, 1.807) is 42.5 Å². The number of fused-ring (bicyclic) bond motifs is 1. The van der Waals surface area contributed by atoms with Gasteiger partial charge in [0.1, 0.15) is 17.9 Å². The number of halogens is 1. The average Bonchev–Trinajstić information content (AvgIpc) is 2.66. The number of rotatable bonds is 6. The van der Waals surface area contributed by atoms with Crippen LogP contribution >= 0.6 is 11.6 Å². The minimum atomic E-state index is -0.492. The van der Waals surface area contributed by atoms with Crippen molar-refractivity contribution in [1.82, 2.24) is 0 Å². The van der Waals surface area contributed by atoms with Crippen molar-refractivity contribution >= 4 is 28.5 Å². The SMILES string of the molecule is C=CCOC(=O)COc1ccc2oc(=O)c(-c3ccc(Cl)cc3)c(C)c2c1. The number of esters is 1. The Morgan fingerprint density at radius 1 is 1.22 bits per heavy atom. The predicted molar refractivity (Wildman–Crippen MR) is 104 cm³/mol. The molecule has 0 saturated heterocycles. The third-order valence-corrected chi connectivity index (χ3v) is 4.24. The van der Waals surface area contributed by atoms with E-state index in [-0.39, 0.29) is 13.2 Å². The third-order valence-electron chi connectivity index (χ3n) is 3.99. The maximum atomic E-state index is 12.4. The Balaban J connectivity index is 1.95. The van der Waals surface area contributed by atoms with Gasteiger partial charge in [0, 0.05) is 10.4 Å². The van der Waals surface area contributed by atoms with Crippen LogP contribution in [0.4, 0.5) is 0 Å². The van der Waals surface area contributed by atoms with Crippen LogP contribution in [0.2, 0.25) is 5.02 Å². The Bertz CT molecular complexity index is 1050. The molecule has 1 heterocycles. The molecule has 3 rings (SSSR count). The highest BCUT2D eigenvalue weighted by Crippen LogP contribution is 2.29. The van der Waals surface area contributed by atoms with Gasteiger partial charge in [-0.2, -0.15) is 0 Å². The van der Waals surface area contributed by atoms with Crippen LogP contribution in [0.15, 0.2) is 64.3 Å². The second-order valence-electron chi connectivity index (χ2n) is 5.81. The van der Waals surface area contributed by atoms with E-state index in [4.69, 9.17) is 25.5 Å². The van der Waals surface area contributed by atoms with Crippen molar-refractivity contribution in [3.8, 4) is 16.9 Å². The summed E-state index contributed by atoms with van der Waals surface area (Å²) in [5.74, 6) is -0.0229. The zero-order valence-electron chi connectivity index (χ0n) is 14.7. The molecular weight excluding hydrogens is 368 g/mol. The van der Waals surface area contributed by atoms with Gasteiger partial charge in [-0.15, -0.1) is 0 Å². The van der Waals surface area contributed by atoms with Gasteiger partial charge in [0.2, 0.25) is 0 Å². The second kappa shape index (κ2) is 8.10. The van der Waals surface area contributed by atoms with Crippen molar-refractivity contribution in [2.24, 2.45) is 0 Å². The molecule has 0 fully saturated rings. The van der Waals surface area contributed by atoms with Crippen LogP contribution in [-0.2, 0) is 9.53 Å². The largest absolute Gasteiger partial charge is 0.482 e. The van der Waals surface area contributed by atoms with Crippen LogP contribution < -0.4 is 10.4 Å². The van der Waals surface area contributed by atoms with Gasteiger partial charge in [-0.3, -0.25) is 0 Å². The molecule has 6 heteroatoms. The van der Waals surface area contributed by atoms with Gasteiger partial charge in [0.25, 0.3) is 0 Å². The van der Waals surface area contributed by atoms with Crippen molar-refractivity contribution in [2.45, 2.75) is 6.92 Å². The molecule has 0 atom stereocenters. The molecule has 3 aromatic rings. The van der Waals surface area contributed by atoms with Crippen LogP contribution in [-0.4, -0.2) is 19.2 Å². The quantitative estimate of drug-likeness (QED) is 0.355. The fourth-order valence-corrected chi connectivity index (χ4v) is 2.83. The minimum Gasteiger partial charge on any atom is -0.482 e. The van der Waals surface area contributed by atoms with Gasteiger partial charge in [0.15, 0.2) is 6.61 Å². The first-order chi connectivity index (χ1) is 13.0. The van der Waals surface area contributed by atoms with Crippen LogP contribution in [0.25, 0.3) is 22.1 Å². The molecule has 0 aliphatic heterocycles. The molecule has 1 aromatic heterocycles. The highest BCUT2D eigenvalue weighted by atomic mass is 35.5. The van der Waals surface area contributed by atoms with Gasteiger partial charge in [-0.1, -0.05) is 36.4 Å². The fourth-order valence-electron chi connectivity index (χ4n) is 2.71. The van der Waals surface area contributed by atoms with E-state index in [9.17, 15) is 9.59 Å². The summed E-state index contributed by atoms with van der Waals surface area (Å²) < 4.78 is 15.8. The molecule has 0 aliphatic rings. The molecule has 0 unspecified atom stereocenters. The van der Waals surface area contributed by atoms with E-state index in [1.165, 1.54) is 6.08 Å². The number of aryl methyl sites for hydroxylation is 1. The Hall–Kier alpha value is -3.05. The van der Waals surface area contributed by atoms with Crippen LogP contribution in [0.1, 0.15) is 5.56 Å². The van der Waals surface area contributed by atoms with Crippen molar-refractivity contribution in [3.63, 3.8) is 0 Å². The summed E-state index contributed by atoms with van der Waals surface area (Å²) >= 11 is 5.93. The van der Waals surface area contributed by atoms with E-state index in [0.29, 0.717) is 27.5 Å².